The van der Waals surface area contributed by atoms with Crippen molar-refractivity contribution in [1.82, 2.24) is 5.32 Å². The summed E-state index contributed by atoms with van der Waals surface area (Å²) in [4.78, 5) is 0. The third kappa shape index (κ3) is 2.32. The van der Waals surface area contributed by atoms with Crippen LogP contribution in [0.3, 0.4) is 0 Å². The van der Waals surface area contributed by atoms with E-state index in [9.17, 15) is 5.11 Å². The van der Waals surface area contributed by atoms with Gasteiger partial charge in [-0.3, -0.25) is 0 Å². The Morgan fingerprint density at radius 2 is 1.95 bits per heavy atom. The molecule has 2 N–H and O–H groups in total. The summed E-state index contributed by atoms with van der Waals surface area (Å²) in [5.41, 5.74) is 3.27. The van der Waals surface area contributed by atoms with Crippen molar-refractivity contribution in [3.8, 4) is 5.75 Å². The average Bonchev–Trinajstić information content (AvgIpc) is 2.41. The van der Waals surface area contributed by atoms with E-state index in [1.807, 2.05) is 24.3 Å². The van der Waals surface area contributed by atoms with Gasteiger partial charge in [-0.2, -0.15) is 0 Å². The number of hydrogen-bond acceptors (Lipinski definition) is 2. The molecule has 2 aromatic carbocycles. The lowest BCUT2D eigenvalue weighted by molar-refractivity contribution is 0.471. The summed E-state index contributed by atoms with van der Waals surface area (Å²) in [6.07, 6.45) is 0.901. The zero-order valence-corrected chi connectivity index (χ0v) is 11.7. The quantitative estimate of drug-likeness (QED) is 0.835. The molecular weight excluding hydrogens is 281 g/mol. The first-order valence-corrected chi connectivity index (χ1v) is 6.91. The minimum absolute atomic E-state index is 0.0237. The van der Waals surface area contributed by atoms with Gasteiger partial charge < -0.3 is 10.4 Å². The number of phenols is 1. The highest BCUT2D eigenvalue weighted by molar-refractivity contribution is 6.42. The number of hydrogen-bond donors (Lipinski definition) is 2. The molecule has 1 aliphatic heterocycles. The number of nitrogens with one attached hydrogen (secondary N) is 1. The maximum Gasteiger partial charge on any atom is 0.115 e. The fourth-order valence-electron chi connectivity index (χ4n) is 2.57. The highest BCUT2D eigenvalue weighted by atomic mass is 35.5. The molecule has 1 aliphatic rings. The van der Waals surface area contributed by atoms with Crippen LogP contribution in [0, 0.1) is 0 Å². The van der Waals surface area contributed by atoms with Crippen molar-refractivity contribution in [1.29, 1.82) is 0 Å². The number of aromatic hydroxyl groups is 1. The Morgan fingerprint density at radius 1 is 1.11 bits per heavy atom. The van der Waals surface area contributed by atoms with E-state index >= 15 is 0 Å². The van der Waals surface area contributed by atoms with Crippen LogP contribution in [-0.4, -0.2) is 11.7 Å². The molecule has 0 aromatic heterocycles. The smallest absolute Gasteiger partial charge is 0.115 e. The van der Waals surface area contributed by atoms with E-state index in [4.69, 9.17) is 23.2 Å². The van der Waals surface area contributed by atoms with Gasteiger partial charge in [0.1, 0.15) is 5.75 Å². The molecule has 19 heavy (non-hydrogen) atoms. The van der Waals surface area contributed by atoms with Crippen LogP contribution >= 0.6 is 23.2 Å². The molecule has 98 valence electrons. The number of fused-ring (bicyclic) bond motifs is 1. The molecule has 1 unspecified atom stereocenters. The van der Waals surface area contributed by atoms with E-state index in [-0.39, 0.29) is 6.04 Å². The van der Waals surface area contributed by atoms with Crippen LogP contribution in [0.25, 0.3) is 0 Å². The van der Waals surface area contributed by atoms with Gasteiger partial charge in [-0.1, -0.05) is 41.4 Å². The van der Waals surface area contributed by atoms with Crippen molar-refractivity contribution >= 4 is 23.2 Å². The van der Waals surface area contributed by atoms with Gasteiger partial charge in [0.25, 0.3) is 0 Å². The van der Waals surface area contributed by atoms with Gasteiger partial charge in [-0.15, -0.1) is 0 Å². The summed E-state index contributed by atoms with van der Waals surface area (Å²) in [7, 11) is 0. The van der Waals surface area contributed by atoms with Gasteiger partial charge in [0.2, 0.25) is 0 Å². The van der Waals surface area contributed by atoms with Gasteiger partial charge in [-0.25, -0.2) is 0 Å². The van der Waals surface area contributed by atoms with Crippen LogP contribution in [0.4, 0.5) is 0 Å². The Hall–Kier alpha value is -1.22. The summed E-state index contributed by atoms with van der Waals surface area (Å²) < 4.78 is 0. The molecule has 2 nitrogen and oxygen atoms in total. The van der Waals surface area contributed by atoms with E-state index in [0.29, 0.717) is 15.8 Å². The minimum atomic E-state index is 0.0237. The lowest BCUT2D eigenvalue weighted by atomic mass is 9.90. The molecule has 0 bridgehead atoms. The zero-order chi connectivity index (χ0) is 13.4. The Balaban J connectivity index is 2.11. The summed E-state index contributed by atoms with van der Waals surface area (Å²) in [5, 5.41) is 14.2. The monoisotopic (exact) mass is 293 g/mol. The number of rotatable bonds is 1. The highest BCUT2D eigenvalue weighted by Gasteiger charge is 2.23. The second-order valence-corrected chi connectivity index (χ2v) is 5.45. The first kappa shape index (κ1) is 12.8. The van der Waals surface area contributed by atoms with Gasteiger partial charge in [0, 0.05) is 6.54 Å². The second kappa shape index (κ2) is 5.04. The van der Waals surface area contributed by atoms with Crippen molar-refractivity contribution in [2.24, 2.45) is 0 Å². The molecule has 1 atom stereocenters. The first-order chi connectivity index (χ1) is 9.16. The van der Waals surface area contributed by atoms with E-state index < -0.39 is 0 Å². The maximum absolute atomic E-state index is 9.58. The highest BCUT2D eigenvalue weighted by Crippen LogP contribution is 2.36. The predicted octanol–water partition coefficient (Wildman–Crippen LogP) is 3.93. The summed E-state index contributed by atoms with van der Waals surface area (Å²) in [6.45, 7) is 0.851. The third-order valence-electron chi connectivity index (χ3n) is 3.47. The van der Waals surface area contributed by atoms with E-state index in [1.165, 1.54) is 0 Å². The van der Waals surface area contributed by atoms with Crippen molar-refractivity contribution in [3.63, 3.8) is 0 Å². The molecule has 1 heterocycles. The minimum Gasteiger partial charge on any atom is -0.508 e. The van der Waals surface area contributed by atoms with Crippen LogP contribution in [0.1, 0.15) is 22.7 Å². The van der Waals surface area contributed by atoms with Crippen LogP contribution in [0.2, 0.25) is 10.0 Å². The third-order valence-corrected chi connectivity index (χ3v) is 4.31. The maximum atomic E-state index is 9.58. The topological polar surface area (TPSA) is 32.3 Å². The average molecular weight is 294 g/mol. The van der Waals surface area contributed by atoms with Gasteiger partial charge in [0.15, 0.2) is 0 Å². The Morgan fingerprint density at radius 3 is 2.79 bits per heavy atom. The molecule has 0 amide bonds. The van der Waals surface area contributed by atoms with Crippen LogP contribution in [0.15, 0.2) is 36.4 Å². The fourth-order valence-corrected chi connectivity index (χ4v) is 2.99. The predicted molar refractivity (Wildman–Crippen MR) is 78.1 cm³/mol. The Labute approximate surface area is 122 Å². The Bertz CT molecular complexity index is 628. The van der Waals surface area contributed by atoms with Gasteiger partial charge in [0.05, 0.1) is 16.1 Å². The standard InChI is InChI=1S/C15H13Cl2NO/c16-13-3-1-2-12(14(13)17)15-11-5-4-10(19)8-9(11)6-7-18-15/h1-5,8,15,18-19H,6-7H2. The number of halogens is 2. The summed E-state index contributed by atoms with van der Waals surface area (Å²) in [5.74, 6) is 0.302. The molecule has 0 aliphatic carbocycles. The molecule has 0 saturated carbocycles. The van der Waals surface area contributed by atoms with Crippen LogP contribution < -0.4 is 5.32 Å². The SMILES string of the molecule is Oc1ccc2c(c1)CCNC2c1cccc(Cl)c1Cl. The number of benzene rings is 2. The van der Waals surface area contributed by atoms with Crippen LogP contribution in [0.5, 0.6) is 5.75 Å². The summed E-state index contributed by atoms with van der Waals surface area (Å²) in [6, 6.07) is 11.2. The molecule has 0 saturated heterocycles. The van der Waals surface area contributed by atoms with Crippen molar-refractivity contribution < 1.29 is 5.11 Å². The zero-order valence-electron chi connectivity index (χ0n) is 10.2. The van der Waals surface area contributed by atoms with E-state index in [2.05, 4.69) is 5.32 Å². The lowest BCUT2D eigenvalue weighted by Crippen LogP contribution is -2.30. The van der Waals surface area contributed by atoms with E-state index in [0.717, 1.165) is 29.7 Å². The van der Waals surface area contributed by atoms with Crippen molar-refractivity contribution in [2.75, 3.05) is 6.54 Å². The molecule has 2 aromatic rings. The van der Waals surface area contributed by atoms with E-state index in [1.54, 1.807) is 12.1 Å². The molecule has 4 heteroatoms. The molecule has 3 rings (SSSR count). The largest absolute Gasteiger partial charge is 0.508 e. The lowest BCUT2D eigenvalue weighted by Gasteiger charge is -2.28. The number of phenolic OH excluding ortho intramolecular Hbond substituents is 1. The van der Waals surface area contributed by atoms with Crippen molar-refractivity contribution in [3.05, 3.63) is 63.1 Å². The van der Waals surface area contributed by atoms with Crippen LogP contribution in [-0.2, 0) is 6.42 Å². The molecular formula is C15H13Cl2NO. The van der Waals surface area contributed by atoms with Gasteiger partial charge in [-0.05, 0) is 41.3 Å². The fraction of sp³-hybridized carbons (Fsp3) is 0.200. The normalized spacial score (nSPS) is 18.1. The Kier molecular flexibility index (Phi) is 3.40. The molecule has 0 fully saturated rings. The van der Waals surface area contributed by atoms with Gasteiger partial charge >= 0.3 is 0 Å². The summed E-state index contributed by atoms with van der Waals surface area (Å²) >= 11 is 12.4. The van der Waals surface area contributed by atoms with Crippen molar-refractivity contribution in [2.45, 2.75) is 12.5 Å². The molecule has 0 spiro atoms. The molecule has 0 radical (unpaired) electrons. The second-order valence-electron chi connectivity index (χ2n) is 4.66. The first-order valence-electron chi connectivity index (χ1n) is 6.16.